The van der Waals surface area contributed by atoms with E-state index < -0.39 is 13.9 Å². The van der Waals surface area contributed by atoms with Gasteiger partial charge in [-0.25, -0.2) is 14.0 Å². The number of phosphoric acid groups is 1. The highest BCUT2D eigenvalue weighted by atomic mass is 31.2. The van der Waals surface area contributed by atoms with Crippen LogP contribution < -0.4 is 0 Å². The van der Waals surface area contributed by atoms with Crippen molar-refractivity contribution in [3.63, 3.8) is 0 Å². The monoisotopic (exact) mass is 303 g/mol. The van der Waals surface area contributed by atoms with Crippen molar-refractivity contribution in [3.8, 4) is 0 Å². The lowest BCUT2D eigenvalue weighted by Crippen LogP contribution is -2.56. The summed E-state index contributed by atoms with van der Waals surface area (Å²) in [5.74, 6) is 0. The van der Waals surface area contributed by atoms with Gasteiger partial charge in [0, 0.05) is 13.1 Å². The molecule has 0 bridgehead atoms. The molecule has 0 atom stereocenters. The quantitative estimate of drug-likeness (QED) is 0.282. The Kier molecular flexibility index (Phi) is 8.92. The summed E-state index contributed by atoms with van der Waals surface area (Å²) >= 11 is 0. The van der Waals surface area contributed by atoms with Gasteiger partial charge in [-0.05, 0) is 13.8 Å². The highest BCUT2D eigenvalue weighted by Crippen LogP contribution is 2.43. The van der Waals surface area contributed by atoms with Gasteiger partial charge in [0.25, 0.3) is 0 Å². The third-order valence-corrected chi connectivity index (χ3v) is 2.48. The Morgan fingerprint density at radius 2 is 1.47 bits per heavy atom. The highest BCUT2D eigenvalue weighted by Gasteiger charge is 2.45. The van der Waals surface area contributed by atoms with Crippen molar-refractivity contribution in [3.05, 3.63) is 0 Å². The van der Waals surface area contributed by atoms with Crippen LogP contribution in [-0.2, 0) is 18.6 Å². The molecule has 0 saturated heterocycles. The second kappa shape index (κ2) is 8.96. The number of hydrogen-bond donors (Lipinski definition) is 4. The van der Waals surface area contributed by atoms with Crippen molar-refractivity contribution in [1.82, 2.24) is 4.90 Å². The van der Waals surface area contributed by atoms with E-state index in [9.17, 15) is 4.57 Å². The normalized spacial score (nSPS) is 13.2. The van der Waals surface area contributed by atoms with Crippen molar-refractivity contribution in [1.29, 1.82) is 0 Å². The lowest BCUT2D eigenvalue weighted by Gasteiger charge is -2.40. The molecule has 0 saturated carbocycles. The summed E-state index contributed by atoms with van der Waals surface area (Å²) in [5.41, 5.74) is 0. The minimum atomic E-state index is -4.90. The fourth-order valence-electron chi connectivity index (χ4n) is 1.48. The molecule has 4 N–H and O–H groups in total. The average Bonchev–Trinajstić information content (AvgIpc) is 2.27. The van der Waals surface area contributed by atoms with Crippen LogP contribution in [0.25, 0.3) is 0 Å². The van der Waals surface area contributed by atoms with Gasteiger partial charge in [-0.1, -0.05) is 0 Å². The summed E-state index contributed by atoms with van der Waals surface area (Å²) in [7, 11) is -4.90. The standard InChI is InChI=1S/C9H22NO8P/c1-3-16-9(17-4-2,18-19(13,14)15)10(5-7-11)6-8-12/h11-12H,3-8H2,1-2H3,(H2,13,14,15). The van der Waals surface area contributed by atoms with E-state index in [1.165, 1.54) is 4.90 Å². The van der Waals surface area contributed by atoms with Crippen LogP contribution in [0.15, 0.2) is 0 Å². The molecule has 0 radical (unpaired) electrons. The van der Waals surface area contributed by atoms with Crippen LogP contribution in [0, 0.1) is 0 Å². The van der Waals surface area contributed by atoms with Gasteiger partial charge in [0.15, 0.2) is 0 Å². The van der Waals surface area contributed by atoms with Crippen molar-refractivity contribution < 1.29 is 38.6 Å². The van der Waals surface area contributed by atoms with Crippen molar-refractivity contribution in [2.75, 3.05) is 39.5 Å². The molecule has 10 heteroatoms. The summed E-state index contributed by atoms with van der Waals surface area (Å²) in [4.78, 5) is 19.1. The first-order valence-corrected chi connectivity index (χ1v) is 7.39. The van der Waals surface area contributed by atoms with E-state index in [0.717, 1.165) is 0 Å². The minimum Gasteiger partial charge on any atom is -0.395 e. The molecule has 0 unspecified atom stereocenters. The Balaban J connectivity index is 5.29. The zero-order valence-corrected chi connectivity index (χ0v) is 12.0. The fourth-order valence-corrected chi connectivity index (χ4v) is 2.00. The first-order chi connectivity index (χ1) is 8.85. The van der Waals surface area contributed by atoms with Gasteiger partial charge in [0.2, 0.25) is 0 Å². The zero-order valence-electron chi connectivity index (χ0n) is 11.1. The van der Waals surface area contributed by atoms with Crippen LogP contribution in [0.1, 0.15) is 13.8 Å². The maximum absolute atomic E-state index is 11.1. The Morgan fingerprint density at radius 1 is 1.05 bits per heavy atom. The molecule has 0 aliphatic heterocycles. The molecular formula is C9H22NO8P. The van der Waals surface area contributed by atoms with Crippen LogP contribution >= 0.6 is 7.82 Å². The van der Waals surface area contributed by atoms with Crippen LogP contribution in [0.5, 0.6) is 0 Å². The predicted octanol–water partition coefficient (Wildman–Crippen LogP) is -0.933. The van der Waals surface area contributed by atoms with E-state index in [-0.39, 0.29) is 39.5 Å². The number of aliphatic hydroxyl groups is 2. The maximum Gasteiger partial charge on any atom is 0.475 e. The van der Waals surface area contributed by atoms with Gasteiger partial charge < -0.3 is 29.5 Å². The first kappa shape index (κ1) is 18.9. The molecule has 19 heavy (non-hydrogen) atoms. The molecule has 0 heterocycles. The number of aliphatic hydroxyl groups excluding tert-OH is 2. The van der Waals surface area contributed by atoms with Crippen molar-refractivity contribution in [2.45, 2.75) is 19.9 Å². The number of nitrogens with zero attached hydrogens (tertiary/aromatic N) is 1. The molecule has 0 aromatic carbocycles. The number of rotatable bonds is 11. The minimum absolute atomic E-state index is 0.0490. The van der Waals surface area contributed by atoms with E-state index in [4.69, 9.17) is 29.5 Å². The van der Waals surface area contributed by atoms with Gasteiger partial charge in [-0.15, -0.1) is 0 Å². The van der Waals surface area contributed by atoms with Gasteiger partial charge in [0.05, 0.1) is 26.4 Å². The van der Waals surface area contributed by atoms with E-state index in [1.807, 2.05) is 0 Å². The summed E-state index contributed by atoms with van der Waals surface area (Å²) in [6.07, 6.45) is -2.14. The largest absolute Gasteiger partial charge is 0.475 e. The van der Waals surface area contributed by atoms with Crippen LogP contribution in [0.3, 0.4) is 0 Å². The second-order valence-corrected chi connectivity index (χ2v) is 4.57. The Bertz CT molecular complexity index is 271. The molecule has 0 aliphatic rings. The molecular weight excluding hydrogens is 281 g/mol. The maximum atomic E-state index is 11.1. The van der Waals surface area contributed by atoms with Crippen molar-refractivity contribution in [2.24, 2.45) is 0 Å². The topological polar surface area (TPSA) is 129 Å². The Hall–Kier alpha value is -0.0900. The zero-order chi connectivity index (χ0) is 14.9. The van der Waals surface area contributed by atoms with E-state index in [0.29, 0.717) is 0 Å². The summed E-state index contributed by atoms with van der Waals surface area (Å²) in [5, 5.41) is 18.0. The van der Waals surface area contributed by atoms with Crippen LogP contribution in [0.2, 0.25) is 0 Å². The molecule has 0 aromatic heterocycles. The number of ether oxygens (including phenoxy) is 2. The third-order valence-electron chi connectivity index (χ3n) is 2.01. The molecule has 0 aliphatic carbocycles. The van der Waals surface area contributed by atoms with Gasteiger partial charge >= 0.3 is 13.9 Å². The molecule has 0 fully saturated rings. The average molecular weight is 303 g/mol. The van der Waals surface area contributed by atoms with E-state index >= 15 is 0 Å². The number of hydrogen-bond acceptors (Lipinski definition) is 7. The molecule has 0 spiro atoms. The van der Waals surface area contributed by atoms with E-state index in [2.05, 4.69) is 4.52 Å². The van der Waals surface area contributed by atoms with Crippen LogP contribution in [0.4, 0.5) is 0 Å². The first-order valence-electron chi connectivity index (χ1n) is 5.86. The summed E-state index contributed by atoms with van der Waals surface area (Å²) in [6, 6.07) is 0. The second-order valence-electron chi connectivity index (χ2n) is 3.41. The summed E-state index contributed by atoms with van der Waals surface area (Å²) in [6.45, 7) is 2.51. The van der Waals surface area contributed by atoms with E-state index in [1.54, 1.807) is 13.8 Å². The molecule has 0 amide bonds. The molecule has 0 rings (SSSR count). The third kappa shape index (κ3) is 6.75. The fraction of sp³-hybridized carbons (Fsp3) is 1.00. The predicted molar refractivity (Wildman–Crippen MR) is 64.9 cm³/mol. The van der Waals surface area contributed by atoms with Gasteiger partial charge in [-0.3, -0.25) is 0 Å². The molecule has 9 nitrogen and oxygen atoms in total. The summed E-state index contributed by atoms with van der Waals surface area (Å²) < 4.78 is 26.0. The molecule has 0 aromatic rings. The Morgan fingerprint density at radius 3 is 1.74 bits per heavy atom. The van der Waals surface area contributed by atoms with Gasteiger partial charge in [0.1, 0.15) is 0 Å². The lowest BCUT2D eigenvalue weighted by molar-refractivity contribution is -0.418. The Labute approximate surface area is 111 Å². The van der Waals surface area contributed by atoms with Gasteiger partial charge in [-0.2, -0.15) is 0 Å². The smallest absolute Gasteiger partial charge is 0.395 e. The molecule has 116 valence electrons. The SMILES string of the molecule is CCOC(OCC)(OP(=O)(O)O)N(CCO)CCO. The lowest BCUT2D eigenvalue weighted by atomic mass is 10.5. The highest BCUT2D eigenvalue weighted by molar-refractivity contribution is 7.46. The number of phosphoric ester groups is 1. The van der Waals surface area contributed by atoms with Crippen molar-refractivity contribution >= 4 is 7.82 Å². The van der Waals surface area contributed by atoms with Crippen LogP contribution in [-0.4, -0.2) is 70.5 Å².